The Morgan fingerprint density at radius 3 is 2.83 bits per heavy atom. The zero-order chi connectivity index (χ0) is 16.5. The zero-order valence-electron chi connectivity index (χ0n) is 12.3. The third kappa shape index (κ3) is 2.50. The second-order valence-electron chi connectivity index (χ2n) is 4.98. The molecule has 0 radical (unpaired) electrons. The van der Waals surface area contributed by atoms with Crippen LogP contribution in [-0.4, -0.2) is 24.9 Å². The van der Waals surface area contributed by atoms with Crippen LogP contribution in [0.25, 0.3) is 22.3 Å². The fourth-order valence-electron chi connectivity index (χ4n) is 2.41. The van der Waals surface area contributed by atoms with Crippen LogP contribution < -0.4 is 10.5 Å². The predicted octanol–water partition coefficient (Wildman–Crippen LogP) is 2.93. The molecule has 0 aliphatic heterocycles. The average Bonchev–Trinajstić information content (AvgIpc) is 3.00. The number of fused-ring (bicyclic) bond motifs is 1. The highest BCUT2D eigenvalue weighted by Crippen LogP contribution is 2.35. The second-order valence-corrected chi connectivity index (χ2v) is 4.98. The van der Waals surface area contributed by atoms with Gasteiger partial charge in [0.25, 0.3) is 0 Å². The van der Waals surface area contributed by atoms with Gasteiger partial charge in [-0.15, -0.1) is 0 Å². The Hall–Kier alpha value is -3.55. The molecule has 0 aliphatic carbocycles. The van der Waals surface area contributed by atoms with Gasteiger partial charge in [-0.05, 0) is 12.1 Å². The normalized spacial score (nSPS) is 10.9. The first-order chi connectivity index (χ1) is 11.7. The van der Waals surface area contributed by atoms with Crippen molar-refractivity contribution in [3.63, 3.8) is 0 Å². The fraction of sp³-hybridized carbons (Fsp3) is 0. The molecule has 4 aromatic heterocycles. The summed E-state index contributed by atoms with van der Waals surface area (Å²) in [6.45, 7) is 0. The SMILES string of the molecule is Nc1nccc(-c2c[nH]c3nccc(Oc4cncc(F)c4)c23)n1. The molecule has 3 N–H and O–H groups in total. The van der Waals surface area contributed by atoms with Crippen molar-refractivity contribution in [2.45, 2.75) is 0 Å². The van der Waals surface area contributed by atoms with Gasteiger partial charge in [-0.3, -0.25) is 4.98 Å². The molecule has 0 fully saturated rings. The van der Waals surface area contributed by atoms with E-state index in [1.165, 1.54) is 12.3 Å². The van der Waals surface area contributed by atoms with Crippen molar-refractivity contribution in [3.8, 4) is 22.8 Å². The number of pyridine rings is 2. The van der Waals surface area contributed by atoms with Gasteiger partial charge in [-0.1, -0.05) is 0 Å². The van der Waals surface area contributed by atoms with Crippen molar-refractivity contribution in [2.75, 3.05) is 5.73 Å². The molecule has 0 bridgehead atoms. The first-order valence-electron chi connectivity index (χ1n) is 7.04. The summed E-state index contributed by atoms with van der Waals surface area (Å²) in [5.41, 5.74) is 7.66. The minimum atomic E-state index is -0.476. The Morgan fingerprint density at radius 2 is 2.00 bits per heavy atom. The Morgan fingerprint density at radius 1 is 1.12 bits per heavy atom. The highest BCUT2D eigenvalue weighted by atomic mass is 19.1. The number of nitrogens with zero attached hydrogens (tertiary/aromatic N) is 4. The minimum Gasteiger partial charge on any atom is -0.455 e. The van der Waals surface area contributed by atoms with Gasteiger partial charge in [-0.2, -0.15) is 0 Å². The highest BCUT2D eigenvalue weighted by molar-refractivity contribution is 5.97. The summed E-state index contributed by atoms with van der Waals surface area (Å²) in [7, 11) is 0. The van der Waals surface area contributed by atoms with Gasteiger partial charge in [0.05, 0.1) is 23.5 Å². The van der Waals surface area contributed by atoms with Crippen molar-refractivity contribution in [1.29, 1.82) is 0 Å². The molecule has 0 aromatic carbocycles. The number of halogens is 1. The molecule has 4 aromatic rings. The molecule has 0 saturated carbocycles. The Bertz CT molecular complexity index is 1030. The van der Waals surface area contributed by atoms with E-state index < -0.39 is 5.82 Å². The molecule has 24 heavy (non-hydrogen) atoms. The number of hydrogen-bond donors (Lipinski definition) is 2. The van der Waals surface area contributed by atoms with Crippen LogP contribution in [0.2, 0.25) is 0 Å². The predicted molar refractivity (Wildman–Crippen MR) is 85.8 cm³/mol. The largest absolute Gasteiger partial charge is 0.455 e. The maximum atomic E-state index is 13.3. The summed E-state index contributed by atoms with van der Waals surface area (Å²) >= 11 is 0. The van der Waals surface area contributed by atoms with E-state index in [2.05, 4.69) is 24.9 Å². The number of nitrogen functional groups attached to an aromatic ring is 1. The van der Waals surface area contributed by atoms with Crippen molar-refractivity contribution in [3.05, 3.63) is 55.0 Å². The molecule has 0 amide bonds. The molecule has 118 valence electrons. The summed E-state index contributed by atoms with van der Waals surface area (Å²) in [4.78, 5) is 19.2. The number of ether oxygens (including phenoxy) is 1. The van der Waals surface area contributed by atoms with Crippen molar-refractivity contribution >= 4 is 17.0 Å². The van der Waals surface area contributed by atoms with Crippen LogP contribution in [-0.2, 0) is 0 Å². The summed E-state index contributed by atoms with van der Waals surface area (Å²) < 4.78 is 19.1. The molecular formula is C16H11FN6O. The van der Waals surface area contributed by atoms with Gasteiger partial charge in [0.2, 0.25) is 5.95 Å². The first kappa shape index (κ1) is 14.1. The van der Waals surface area contributed by atoms with Crippen LogP contribution in [0.3, 0.4) is 0 Å². The Labute approximate surface area is 135 Å². The molecule has 4 rings (SSSR count). The van der Waals surface area contributed by atoms with Crippen molar-refractivity contribution < 1.29 is 9.13 Å². The molecule has 7 nitrogen and oxygen atoms in total. The fourth-order valence-corrected chi connectivity index (χ4v) is 2.41. The maximum Gasteiger partial charge on any atom is 0.220 e. The standard InChI is InChI=1S/C16H11FN6O/c17-9-5-10(7-19-6-9)24-13-2-4-20-15-14(13)11(8-22-15)12-1-3-21-16(18)23-12/h1-8H,(H,20,22)(H2,18,21,23). The highest BCUT2D eigenvalue weighted by Gasteiger charge is 2.14. The van der Waals surface area contributed by atoms with Gasteiger partial charge in [0, 0.05) is 30.2 Å². The molecule has 0 saturated heterocycles. The zero-order valence-corrected chi connectivity index (χ0v) is 12.3. The number of nitrogens with two attached hydrogens (primary N) is 1. The van der Waals surface area contributed by atoms with E-state index in [9.17, 15) is 4.39 Å². The molecule has 0 atom stereocenters. The second kappa shape index (κ2) is 5.58. The number of aromatic amines is 1. The van der Waals surface area contributed by atoms with E-state index in [4.69, 9.17) is 10.5 Å². The summed E-state index contributed by atoms with van der Waals surface area (Å²) in [5, 5.41) is 0.708. The topological polar surface area (TPSA) is 103 Å². The van der Waals surface area contributed by atoms with Crippen LogP contribution in [0.15, 0.2) is 49.2 Å². The lowest BCUT2D eigenvalue weighted by atomic mass is 10.1. The maximum absolute atomic E-state index is 13.3. The van der Waals surface area contributed by atoms with Crippen LogP contribution >= 0.6 is 0 Å². The van der Waals surface area contributed by atoms with E-state index >= 15 is 0 Å². The third-order valence-corrected chi connectivity index (χ3v) is 3.39. The number of anilines is 1. The van der Waals surface area contributed by atoms with Gasteiger partial charge in [-0.25, -0.2) is 19.3 Å². The molecule has 0 unspecified atom stereocenters. The number of aromatic nitrogens is 5. The quantitative estimate of drug-likeness (QED) is 0.601. The lowest BCUT2D eigenvalue weighted by molar-refractivity contribution is 0.478. The van der Waals surface area contributed by atoms with Gasteiger partial charge >= 0.3 is 0 Å². The Balaban J connectivity index is 1.86. The lowest BCUT2D eigenvalue weighted by Gasteiger charge is -2.08. The summed E-state index contributed by atoms with van der Waals surface area (Å²) in [5.74, 6) is 0.482. The molecule has 8 heteroatoms. The molecule has 0 aliphatic rings. The molecule has 4 heterocycles. The van der Waals surface area contributed by atoms with Crippen molar-refractivity contribution in [1.82, 2.24) is 24.9 Å². The number of rotatable bonds is 3. The van der Waals surface area contributed by atoms with Crippen LogP contribution in [0.4, 0.5) is 10.3 Å². The van der Waals surface area contributed by atoms with Crippen LogP contribution in [0.1, 0.15) is 0 Å². The van der Waals surface area contributed by atoms with E-state index in [0.717, 1.165) is 11.8 Å². The van der Waals surface area contributed by atoms with Crippen LogP contribution in [0, 0.1) is 5.82 Å². The van der Waals surface area contributed by atoms with E-state index in [0.29, 0.717) is 22.5 Å². The average molecular weight is 322 g/mol. The molecule has 0 spiro atoms. The van der Waals surface area contributed by atoms with E-state index in [1.54, 1.807) is 30.7 Å². The monoisotopic (exact) mass is 322 g/mol. The van der Waals surface area contributed by atoms with Crippen molar-refractivity contribution in [2.24, 2.45) is 0 Å². The number of hydrogen-bond acceptors (Lipinski definition) is 6. The minimum absolute atomic E-state index is 0.169. The van der Waals surface area contributed by atoms with E-state index in [1.807, 2.05) is 0 Å². The van der Waals surface area contributed by atoms with Crippen LogP contribution in [0.5, 0.6) is 11.5 Å². The van der Waals surface area contributed by atoms with Gasteiger partial charge in [0.15, 0.2) is 0 Å². The summed E-state index contributed by atoms with van der Waals surface area (Å²) in [6.07, 6.45) is 7.48. The lowest BCUT2D eigenvalue weighted by Crippen LogP contribution is -1.95. The third-order valence-electron chi connectivity index (χ3n) is 3.39. The van der Waals surface area contributed by atoms with Gasteiger partial charge < -0.3 is 15.5 Å². The smallest absolute Gasteiger partial charge is 0.220 e. The number of H-pyrrole nitrogens is 1. The molecular weight excluding hydrogens is 311 g/mol. The number of nitrogens with one attached hydrogen (secondary N) is 1. The van der Waals surface area contributed by atoms with Gasteiger partial charge in [0.1, 0.15) is 23.0 Å². The summed E-state index contributed by atoms with van der Waals surface area (Å²) in [6, 6.07) is 4.68. The Kier molecular flexibility index (Phi) is 3.27. The first-order valence-corrected chi connectivity index (χ1v) is 7.04. The van der Waals surface area contributed by atoms with E-state index in [-0.39, 0.29) is 11.7 Å².